The minimum atomic E-state index is -3.67. The van der Waals surface area contributed by atoms with Gasteiger partial charge in [-0.3, -0.25) is 4.72 Å². The van der Waals surface area contributed by atoms with Crippen molar-refractivity contribution >= 4 is 21.4 Å². The Hall–Kier alpha value is -2.21. The highest BCUT2D eigenvalue weighted by Gasteiger charge is 2.18. The number of methoxy groups -OCH3 is 1. The van der Waals surface area contributed by atoms with Crippen LogP contribution < -0.4 is 15.2 Å². The van der Waals surface area contributed by atoms with Crippen molar-refractivity contribution in [2.75, 3.05) is 17.6 Å². The number of aryl methyl sites for hydroxylation is 2. The Morgan fingerprint density at radius 3 is 2.38 bits per heavy atom. The molecule has 112 valence electrons. The molecule has 5 nitrogen and oxygen atoms in total. The summed E-state index contributed by atoms with van der Waals surface area (Å²) in [5.41, 5.74) is 8.17. The zero-order valence-electron chi connectivity index (χ0n) is 12.2. The summed E-state index contributed by atoms with van der Waals surface area (Å²) in [6.45, 7) is 3.68. The van der Waals surface area contributed by atoms with Crippen LogP contribution in [0.15, 0.2) is 41.3 Å². The van der Waals surface area contributed by atoms with E-state index < -0.39 is 10.0 Å². The van der Waals surface area contributed by atoms with Crippen LogP contribution in [0, 0.1) is 13.8 Å². The van der Waals surface area contributed by atoms with Gasteiger partial charge >= 0.3 is 0 Å². The number of benzene rings is 2. The monoisotopic (exact) mass is 306 g/mol. The van der Waals surface area contributed by atoms with Crippen LogP contribution in [0.3, 0.4) is 0 Å². The van der Waals surface area contributed by atoms with Gasteiger partial charge < -0.3 is 10.5 Å². The molecule has 0 fully saturated rings. The molecule has 0 aliphatic carbocycles. The number of hydrogen-bond acceptors (Lipinski definition) is 4. The summed E-state index contributed by atoms with van der Waals surface area (Å²) in [7, 11) is -2.15. The highest BCUT2D eigenvalue weighted by molar-refractivity contribution is 7.92. The zero-order valence-corrected chi connectivity index (χ0v) is 13.0. The van der Waals surface area contributed by atoms with E-state index in [9.17, 15) is 8.42 Å². The Labute approximate surface area is 124 Å². The fraction of sp³-hybridized carbons (Fsp3) is 0.200. The predicted octanol–water partition coefficient (Wildman–Crippen LogP) is 2.70. The van der Waals surface area contributed by atoms with Gasteiger partial charge in [0.05, 0.1) is 23.4 Å². The maximum atomic E-state index is 12.4. The lowest BCUT2D eigenvalue weighted by molar-refractivity contribution is 0.415. The van der Waals surface area contributed by atoms with Crippen molar-refractivity contribution in [3.63, 3.8) is 0 Å². The quantitative estimate of drug-likeness (QED) is 0.851. The Morgan fingerprint density at radius 1 is 1.10 bits per heavy atom. The van der Waals surface area contributed by atoms with E-state index in [0.717, 1.165) is 5.56 Å². The zero-order chi connectivity index (χ0) is 15.6. The summed E-state index contributed by atoms with van der Waals surface area (Å²) in [6, 6.07) is 9.98. The van der Waals surface area contributed by atoms with E-state index >= 15 is 0 Å². The van der Waals surface area contributed by atoms with Crippen molar-refractivity contribution in [1.29, 1.82) is 0 Å². The number of nitrogens with two attached hydrogens (primary N) is 1. The van der Waals surface area contributed by atoms with Crippen LogP contribution in [0.25, 0.3) is 0 Å². The molecule has 0 aliphatic rings. The number of anilines is 2. The van der Waals surface area contributed by atoms with Gasteiger partial charge in [0, 0.05) is 6.07 Å². The first-order valence-corrected chi connectivity index (χ1v) is 7.85. The highest BCUT2D eigenvalue weighted by Crippen LogP contribution is 2.27. The lowest BCUT2D eigenvalue weighted by atomic mass is 10.2. The molecule has 2 aromatic carbocycles. The van der Waals surface area contributed by atoms with E-state index in [1.165, 1.54) is 7.11 Å². The van der Waals surface area contributed by atoms with Gasteiger partial charge in [-0.05, 0) is 37.6 Å². The van der Waals surface area contributed by atoms with Crippen molar-refractivity contribution in [3.8, 4) is 5.75 Å². The molecule has 21 heavy (non-hydrogen) atoms. The summed E-state index contributed by atoms with van der Waals surface area (Å²) in [5, 5.41) is 0. The van der Waals surface area contributed by atoms with Gasteiger partial charge in [0.15, 0.2) is 0 Å². The Morgan fingerprint density at radius 2 is 1.81 bits per heavy atom. The van der Waals surface area contributed by atoms with E-state index in [2.05, 4.69) is 4.72 Å². The van der Waals surface area contributed by atoms with E-state index in [-0.39, 0.29) is 4.90 Å². The largest absolute Gasteiger partial charge is 0.497 e. The molecule has 0 radical (unpaired) electrons. The van der Waals surface area contributed by atoms with Crippen molar-refractivity contribution < 1.29 is 13.2 Å². The summed E-state index contributed by atoms with van der Waals surface area (Å²) in [5.74, 6) is 0.571. The van der Waals surface area contributed by atoms with Gasteiger partial charge in [-0.2, -0.15) is 0 Å². The Kier molecular flexibility index (Phi) is 4.09. The van der Waals surface area contributed by atoms with Crippen LogP contribution in [0.2, 0.25) is 0 Å². The van der Waals surface area contributed by atoms with Crippen LogP contribution in [-0.4, -0.2) is 15.5 Å². The summed E-state index contributed by atoms with van der Waals surface area (Å²) in [4.78, 5) is 0.239. The van der Waals surface area contributed by atoms with Crippen LogP contribution in [0.1, 0.15) is 11.1 Å². The third kappa shape index (κ3) is 3.28. The maximum Gasteiger partial charge on any atom is 0.262 e. The minimum Gasteiger partial charge on any atom is -0.497 e. The van der Waals surface area contributed by atoms with Gasteiger partial charge in [-0.25, -0.2) is 8.42 Å². The molecule has 0 spiro atoms. The van der Waals surface area contributed by atoms with Gasteiger partial charge in [-0.15, -0.1) is 0 Å². The molecule has 2 rings (SSSR count). The van der Waals surface area contributed by atoms with Crippen LogP contribution in [0.4, 0.5) is 11.4 Å². The summed E-state index contributed by atoms with van der Waals surface area (Å²) >= 11 is 0. The second kappa shape index (κ2) is 5.65. The number of hydrogen-bond donors (Lipinski definition) is 2. The minimum absolute atomic E-state index is 0.239. The molecule has 0 aliphatic heterocycles. The van der Waals surface area contributed by atoms with Crippen molar-refractivity contribution in [3.05, 3.63) is 47.5 Å². The topological polar surface area (TPSA) is 81.4 Å². The van der Waals surface area contributed by atoms with Crippen LogP contribution in [-0.2, 0) is 10.0 Å². The van der Waals surface area contributed by atoms with Gasteiger partial charge in [0.2, 0.25) is 0 Å². The Balaban J connectivity index is 2.37. The van der Waals surface area contributed by atoms with Crippen LogP contribution in [0.5, 0.6) is 5.75 Å². The maximum absolute atomic E-state index is 12.4. The smallest absolute Gasteiger partial charge is 0.262 e. The fourth-order valence-electron chi connectivity index (χ4n) is 2.06. The van der Waals surface area contributed by atoms with Crippen molar-refractivity contribution in [2.45, 2.75) is 18.7 Å². The molecule has 0 heterocycles. The second-order valence-electron chi connectivity index (χ2n) is 4.83. The van der Waals surface area contributed by atoms with Gasteiger partial charge in [0.25, 0.3) is 10.0 Å². The molecule has 3 N–H and O–H groups in total. The standard InChI is InChI=1S/C15H18N2O3S/c1-10-4-7-15(11(2)8-10)21(18,19)17-14-6-5-12(20-3)9-13(14)16/h4-9,17H,16H2,1-3H3. The normalized spacial score (nSPS) is 11.2. The second-order valence-corrected chi connectivity index (χ2v) is 6.48. The molecule has 0 atom stereocenters. The number of nitrogen functional groups attached to an aromatic ring is 1. The SMILES string of the molecule is COc1ccc(NS(=O)(=O)c2ccc(C)cc2C)c(N)c1. The average Bonchev–Trinajstić information content (AvgIpc) is 2.40. The molecule has 0 amide bonds. The number of ether oxygens (including phenoxy) is 1. The van der Waals surface area contributed by atoms with Crippen molar-refractivity contribution in [2.24, 2.45) is 0 Å². The van der Waals surface area contributed by atoms with Crippen LogP contribution >= 0.6 is 0 Å². The molecule has 2 aromatic rings. The van der Waals surface area contributed by atoms with E-state index in [1.807, 2.05) is 13.0 Å². The number of rotatable bonds is 4. The number of nitrogens with one attached hydrogen (secondary N) is 1. The van der Waals surface area contributed by atoms with Gasteiger partial charge in [-0.1, -0.05) is 17.7 Å². The first-order chi connectivity index (χ1) is 9.83. The molecule has 0 saturated heterocycles. The number of sulfonamides is 1. The first-order valence-electron chi connectivity index (χ1n) is 6.37. The molecule has 0 bridgehead atoms. The van der Waals surface area contributed by atoms with E-state index in [1.54, 1.807) is 37.3 Å². The third-order valence-electron chi connectivity index (χ3n) is 3.12. The Bertz CT molecular complexity index is 770. The molecular formula is C15H18N2O3S. The lowest BCUT2D eigenvalue weighted by Gasteiger charge is -2.13. The van der Waals surface area contributed by atoms with E-state index in [4.69, 9.17) is 10.5 Å². The lowest BCUT2D eigenvalue weighted by Crippen LogP contribution is -2.15. The molecule has 0 aromatic heterocycles. The average molecular weight is 306 g/mol. The summed E-state index contributed by atoms with van der Waals surface area (Å²) < 4.78 is 32.4. The van der Waals surface area contributed by atoms with Gasteiger partial charge in [0.1, 0.15) is 5.75 Å². The predicted molar refractivity (Wildman–Crippen MR) is 84.1 cm³/mol. The molecule has 0 saturated carbocycles. The van der Waals surface area contributed by atoms with Crippen molar-refractivity contribution in [1.82, 2.24) is 0 Å². The molecule has 0 unspecified atom stereocenters. The fourth-order valence-corrected chi connectivity index (χ4v) is 3.38. The van der Waals surface area contributed by atoms with E-state index in [0.29, 0.717) is 22.7 Å². The third-order valence-corrected chi connectivity index (χ3v) is 4.65. The highest BCUT2D eigenvalue weighted by atomic mass is 32.2. The first kappa shape index (κ1) is 15.2. The molecular weight excluding hydrogens is 288 g/mol. The summed E-state index contributed by atoms with van der Waals surface area (Å²) in [6.07, 6.45) is 0. The molecule has 6 heteroatoms.